The molecule has 0 bridgehead atoms. The Balaban J connectivity index is 2.99. The highest BCUT2D eigenvalue weighted by molar-refractivity contribution is 5.86. The number of hydrogen-bond acceptors (Lipinski definition) is 4. The predicted octanol–water partition coefficient (Wildman–Crippen LogP) is -0.631. The molecule has 0 unspecified atom stereocenters. The molecule has 0 saturated heterocycles. The summed E-state index contributed by atoms with van der Waals surface area (Å²) in [5.74, 6) is -2.31. The van der Waals surface area contributed by atoms with E-state index >= 15 is 0 Å². The van der Waals surface area contributed by atoms with Gasteiger partial charge in [0, 0.05) is 0 Å². The molecular weight excluding hydrogens is 178 g/mol. The van der Waals surface area contributed by atoms with E-state index < -0.39 is 11.9 Å². The van der Waals surface area contributed by atoms with E-state index in [0.717, 1.165) is 4.68 Å². The van der Waals surface area contributed by atoms with Gasteiger partial charge in [0.15, 0.2) is 5.69 Å². The second-order valence-electron chi connectivity index (χ2n) is 2.38. The van der Waals surface area contributed by atoms with E-state index in [9.17, 15) is 9.59 Å². The van der Waals surface area contributed by atoms with Crippen molar-refractivity contribution in [2.24, 2.45) is 0 Å². The molecule has 1 rings (SSSR count). The van der Waals surface area contributed by atoms with Crippen molar-refractivity contribution in [3.05, 3.63) is 11.4 Å². The van der Waals surface area contributed by atoms with Gasteiger partial charge >= 0.3 is 11.9 Å². The smallest absolute Gasteiger partial charge is 0.358 e. The number of carboxylic acids is 2. The Morgan fingerprint density at radius 3 is 2.46 bits per heavy atom. The maximum atomic E-state index is 10.5. The van der Waals surface area contributed by atoms with Crippen molar-refractivity contribution in [2.75, 3.05) is 0 Å². The molecule has 0 fully saturated rings. The summed E-state index contributed by atoms with van der Waals surface area (Å²) in [5.41, 5.74) is 0.0103. The first kappa shape index (κ1) is 9.17. The molecule has 1 heterocycles. The first-order chi connectivity index (χ1) is 6.02. The summed E-state index contributed by atoms with van der Waals surface area (Å²) in [7, 11) is 0. The fourth-order valence-corrected chi connectivity index (χ4v) is 0.836. The van der Waals surface area contributed by atoms with Gasteiger partial charge in [-0.3, -0.25) is 4.79 Å². The molecule has 70 valence electrons. The lowest BCUT2D eigenvalue weighted by Gasteiger charge is -1.96. The van der Waals surface area contributed by atoms with Crippen LogP contribution >= 0.6 is 0 Å². The number of aromatic nitrogens is 3. The maximum absolute atomic E-state index is 10.5. The van der Waals surface area contributed by atoms with Gasteiger partial charge < -0.3 is 10.2 Å². The number of carboxylic acid groups (broad SMARTS) is 2. The van der Waals surface area contributed by atoms with E-state index in [1.54, 1.807) is 0 Å². The summed E-state index contributed by atoms with van der Waals surface area (Å²) in [5, 5.41) is 23.7. The van der Waals surface area contributed by atoms with Crippen LogP contribution in [0.15, 0.2) is 0 Å². The molecule has 0 atom stereocenters. The van der Waals surface area contributed by atoms with Crippen LogP contribution < -0.4 is 0 Å². The molecule has 0 saturated carbocycles. The van der Waals surface area contributed by atoms with Crippen LogP contribution in [0.25, 0.3) is 0 Å². The van der Waals surface area contributed by atoms with Gasteiger partial charge in [0.05, 0.1) is 5.69 Å². The van der Waals surface area contributed by atoms with Crippen LogP contribution in [0.1, 0.15) is 16.2 Å². The van der Waals surface area contributed by atoms with Gasteiger partial charge in [0.2, 0.25) is 0 Å². The standard InChI is InChI=1S/C6H7N3O4/c1-3-5(6(12)13)7-8-9(3)2-4(10)11/h2H2,1H3,(H,10,11)(H,12,13). The summed E-state index contributed by atoms with van der Waals surface area (Å²) in [4.78, 5) is 20.7. The van der Waals surface area contributed by atoms with Crippen LogP contribution in [-0.2, 0) is 11.3 Å². The highest BCUT2D eigenvalue weighted by Crippen LogP contribution is 2.02. The average molecular weight is 185 g/mol. The Morgan fingerprint density at radius 1 is 1.46 bits per heavy atom. The fraction of sp³-hybridized carbons (Fsp3) is 0.333. The third-order valence-electron chi connectivity index (χ3n) is 1.47. The second-order valence-corrected chi connectivity index (χ2v) is 2.38. The van der Waals surface area contributed by atoms with Gasteiger partial charge in [-0.15, -0.1) is 5.10 Å². The molecule has 0 aromatic carbocycles. The van der Waals surface area contributed by atoms with E-state index in [-0.39, 0.29) is 17.9 Å². The highest BCUT2D eigenvalue weighted by Gasteiger charge is 2.15. The van der Waals surface area contributed by atoms with E-state index in [2.05, 4.69) is 10.3 Å². The van der Waals surface area contributed by atoms with Crippen molar-refractivity contribution in [3.8, 4) is 0 Å². The summed E-state index contributed by atoms with van der Waals surface area (Å²) >= 11 is 0. The monoisotopic (exact) mass is 185 g/mol. The van der Waals surface area contributed by atoms with E-state index in [1.165, 1.54) is 6.92 Å². The number of aliphatic carboxylic acids is 1. The van der Waals surface area contributed by atoms with Crippen molar-refractivity contribution >= 4 is 11.9 Å². The van der Waals surface area contributed by atoms with Crippen molar-refractivity contribution in [3.63, 3.8) is 0 Å². The molecule has 13 heavy (non-hydrogen) atoms. The quantitative estimate of drug-likeness (QED) is 0.649. The molecule has 1 aromatic heterocycles. The summed E-state index contributed by atoms with van der Waals surface area (Å²) in [6.45, 7) is 1.07. The van der Waals surface area contributed by atoms with Gasteiger partial charge in [-0.05, 0) is 6.92 Å². The van der Waals surface area contributed by atoms with E-state index in [0.29, 0.717) is 0 Å². The van der Waals surface area contributed by atoms with Gasteiger partial charge in [-0.2, -0.15) is 0 Å². The fourth-order valence-electron chi connectivity index (χ4n) is 0.836. The number of hydrogen-bond donors (Lipinski definition) is 2. The highest BCUT2D eigenvalue weighted by atomic mass is 16.4. The van der Waals surface area contributed by atoms with Crippen molar-refractivity contribution in [1.82, 2.24) is 15.0 Å². The lowest BCUT2D eigenvalue weighted by atomic mass is 10.3. The van der Waals surface area contributed by atoms with Crippen molar-refractivity contribution < 1.29 is 19.8 Å². The Hall–Kier alpha value is -1.92. The molecule has 2 N–H and O–H groups in total. The minimum absolute atomic E-state index is 0.221. The zero-order valence-corrected chi connectivity index (χ0v) is 6.76. The minimum Gasteiger partial charge on any atom is -0.480 e. The zero-order chi connectivity index (χ0) is 10.0. The van der Waals surface area contributed by atoms with Crippen molar-refractivity contribution in [1.29, 1.82) is 0 Å². The summed E-state index contributed by atoms with van der Waals surface area (Å²) in [6, 6.07) is 0. The van der Waals surface area contributed by atoms with Crippen molar-refractivity contribution in [2.45, 2.75) is 13.5 Å². The normalized spacial score (nSPS) is 9.92. The molecule has 7 heteroatoms. The number of rotatable bonds is 3. The van der Waals surface area contributed by atoms with Crippen LogP contribution in [0.3, 0.4) is 0 Å². The Morgan fingerprint density at radius 2 is 2.08 bits per heavy atom. The third-order valence-corrected chi connectivity index (χ3v) is 1.47. The predicted molar refractivity (Wildman–Crippen MR) is 39.4 cm³/mol. The van der Waals surface area contributed by atoms with Crippen LogP contribution in [-0.4, -0.2) is 37.1 Å². The lowest BCUT2D eigenvalue weighted by molar-refractivity contribution is -0.137. The first-order valence-electron chi connectivity index (χ1n) is 3.37. The maximum Gasteiger partial charge on any atom is 0.358 e. The summed E-state index contributed by atoms with van der Waals surface area (Å²) < 4.78 is 1.02. The second kappa shape index (κ2) is 3.21. The van der Waals surface area contributed by atoms with Crippen LogP contribution in [0.2, 0.25) is 0 Å². The zero-order valence-electron chi connectivity index (χ0n) is 6.76. The van der Waals surface area contributed by atoms with Gasteiger partial charge in [-0.1, -0.05) is 5.21 Å². The molecule has 0 aliphatic rings. The Labute approximate surface area is 72.6 Å². The molecular formula is C6H7N3O4. The third kappa shape index (κ3) is 1.81. The molecule has 1 aromatic rings. The Kier molecular flexibility index (Phi) is 2.27. The topological polar surface area (TPSA) is 105 Å². The van der Waals surface area contributed by atoms with Crippen LogP contribution in [0, 0.1) is 6.92 Å². The number of aromatic carboxylic acids is 1. The van der Waals surface area contributed by atoms with Crippen LogP contribution in [0.4, 0.5) is 0 Å². The Bertz CT molecular complexity index is 357. The van der Waals surface area contributed by atoms with Gasteiger partial charge in [0.1, 0.15) is 6.54 Å². The molecule has 0 amide bonds. The average Bonchev–Trinajstić information content (AvgIpc) is 2.32. The number of nitrogens with zero attached hydrogens (tertiary/aromatic N) is 3. The van der Waals surface area contributed by atoms with Crippen LogP contribution in [0.5, 0.6) is 0 Å². The van der Waals surface area contributed by atoms with E-state index in [1.807, 2.05) is 0 Å². The molecule has 0 radical (unpaired) electrons. The molecule has 7 nitrogen and oxygen atoms in total. The lowest BCUT2D eigenvalue weighted by Crippen LogP contribution is -2.12. The SMILES string of the molecule is Cc1c(C(=O)O)nnn1CC(=O)O. The molecule has 0 spiro atoms. The molecule has 0 aliphatic heterocycles. The number of carbonyl (C=O) groups is 2. The first-order valence-corrected chi connectivity index (χ1v) is 3.37. The summed E-state index contributed by atoms with van der Waals surface area (Å²) in [6.07, 6.45) is 0. The van der Waals surface area contributed by atoms with Gasteiger partial charge in [-0.25, -0.2) is 9.48 Å². The largest absolute Gasteiger partial charge is 0.480 e. The molecule has 0 aliphatic carbocycles. The van der Waals surface area contributed by atoms with Gasteiger partial charge in [0.25, 0.3) is 0 Å². The van der Waals surface area contributed by atoms with E-state index in [4.69, 9.17) is 10.2 Å². The minimum atomic E-state index is -1.21.